The number of nitro benzene ring substituents is 1. The lowest BCUT2D eigenvalue weighted by molar-refractivity contribution is -0.384. The molecule has 25 heavy (non-hydrogen) atoms. The Bertz CT molecular complexity index is 965. The van der Waals surface area contributed by atoms with E-state index in [-0.39, 0.29) is 17.2 Å². The summed E-state index contributed by atoms with van der Waals surface area (Å²) >= 11 is 6.04. The summed E-state index contributed by atoms with van der Waals surface area (Å²) in [6.45, 7) is 1.79. The Kier molecular flexibility index (Phi) is 4.54. The Morgan fingerprint density at radius 1 is 1.12 bits per heavy atom. The highest BCUT2D eigenvalue weighted by molar-refractivity contribution is 6.31. The number of hydrogen-bond acceptors (Lipinski definition) is 4. The Morgan fingerprint density at radius 3 is 2.64 bits per heavy atom. The molecule has 0 spiro atoms. The molecular formula is C18H13ClN2O4. The molecule has 0 aliphatic heterocycles. The summed E-state index contributed by atoms with van der Waals surface area (Å²) < 4.78 is 5.52. The summed E-state index contributed by atoms with van der Waals surface area (Å²) in [6, 6.07) is 14.4. The van der Waals surface area contributed by atoms with Crippen LogP contribution in [0.15, 0.2) is 59.0 Å². The standard InChI is InChI=1S/C18H13ClN2O4/c1-11-13(19)6-4-7-14(11)20-18(22)17-10-9-16(25-17)12-5-2-3-8-15(12)21(23)24/h2-10H,1H3,(H,20,22). The van der Waals surface area contributed by atoms with Crippen molar-refractivity contribution in [2.24, 2.45) is 0 Å². The van der Waals surface area contributed by atoms with Gasteiger partial charge >= 0.3 is 0 Å². The number of nitrogens with zero attached hydrogens (tertiary/aromatic N) is 1. The SMILES string of the molecule is Cc1c(Cl)cccc1NC(=O)c1ccc(-c2ccccc2[N+](=O)[O-])o1. The highest BCUT2D eigenvalue weighted by atomic mass is 35.5. The molecule has 0 atom stereocenters. The van der Waals surface area contributed by atoms with Crippen LogP contribution in [0, 0.1) is 17.0 Å². The molecule has 3 aromatic rings. The molecule has 1 heterocycles. The summed E-state index contributed by atoms with van der Waals surface area (Å²) in [5.74, 6) is -0.164. The van der Waals surface area contributed by atoms with Gasteiger partial charge in [-0.15, -0.1) is 0 Å². The van der Waals surface area contributed by atoms with Crippen LogP contribution in [-0.4, -0.2) is 10.8 Å². The van der Waals surface area contributed by atoms with Gasteiger partial charge < -0.3 is 9.73 Å². The van der Waals surface area contributed by atoms with E-state index in [1.807, 2.05) is 0 Å². The fraction of sp³-hybridized carbons (Fsp3) is 0.0556. The molecule has 1 amide bonds. The first-order valence-corrected chi connectivity index (χ1v) is 7.75. The molecule has 0 radical (unpaired) electrons. The van der Waals surface area contributed by atoms with Gasteiger partial charge in [0.2, 0.25) is 0 Å². The van der Waals surface area contributed by atoms with Crippen molar-refractivity contribution in [2.75, 3.05) is 5.32 Å². The first kappa shape index (κ1) is 16.7. The molecule has 1 N–H and O–H groups in total. The molecule has 0 saturated heterocycles. The van der Waals surface area contributed by atoms with Crippen LogP contribution in [0.4, 0.5) is 11.4 Å². The summed E-state index contributed by atoms with van der Waals surface area (Å²) in [7, 11) is 0. The molecule has 2 aromatic carbocycles. The first-order chi connectivity index (χ1) is 12.0. The van der Waals surface area contributed by atoms with E-state index >= 15 is 0 Å². The second-order valence-electron chi connectivity index (χ2n) is 5.30. The van der Waals surface area contributed by atoms with E-state index in [0.717, 1.165) is 5.56 Å². The Morgan fingerprint density at radius 2 is 1.88 bits per heavy atom. The molecule has 7 heteroatoms. The monoisotopic (exact) mass is 356 g/mol. The smallest absolute Gasteiger partial charge is 0.291 e. The van der Waals surface area contributed by atoms with Gasteiger partial charge in [-0.3, -0.25) is 14.9 Å². The van der Waals surface area contributed by atoms with Crippen molar-refractivity contribution in [1.82, 2.24) is 0 Å². The number of anilines is 1. The van der Waals surface area contributed by atoms with Gasteiger partial charge in [0.25, 0.3) is 11.6 Å². The summed E-state index contributed by atoms with van der Waals surface area (Å²) in [6.07, 6.45) is 0. The molecule has 3 rings (SSSR count). The number of furan rings is 1. The topological polar surface area (TPSA) is 85.4 Å². The second-order valence-corrected chi connectivity index (χ2v) is 5.71. The largest absolute Gasteiger partial charge is 0.451 e. The van der Waals surface area contributed by atoms with Crippen LogP contribution in [0.2, 0.25) is 5.02 Å². The lowest BCUT2D eigenvalue weighted by Crippen LogP contribution is -2.11. The molecule has 0 fully saturated rings. The van der Waals surface area contributed by atoms with Crippen LogP contribution in [0.3, 0.4) is 0 Å². The number of para-hydroxylation sites is 1. The highest BCUT2D eigenvalue weighted by Crippen LogP contribution is 2.31. The van der Waals surface area contributed by atoms with E-state index in [1.165, 1.54) is 18.2 Å². The lowest BCUT2D eigenvalue weighted by Gasteiger charge is -2.08. The molecule has 0 unspecified atom stereocenters. The number of benzene rings is 2. The maximum atomic E-state index is 12.4. The number of amides is 1. The average Bonchev–Trinajstić information content (AvgIpc) is 3.09. The second kappa shape index (κ2) is 6.78. The van der Waals surface area contributed by atoms with Crippen molar-refractivity contribution < 1.29 is 14.1 Å². The Balaban J connectivity index is 1.88. The number of carbonyl (C=O) groups is 1. The van der Waals surface area contributed by atoms with Gasteiger partial charge in [-0.25, -0.2) is 0 Å². The molecule has 0 bridgehead atoms. The number of rotatable bonds is 4. The van der Waals surface area contributed by atoms with Gasteiger partial charge in [0, 0.05) is 16.8 Å². The maximum Gasteiger partial charge on any atom is 0.291 e. The van der Waals surface area contributed by atoms with E-state index in [0.29, 0.717) is 16.3 Å². The minimum atomic E-state index is -0.493. The number of carbonyl (C=O) groups excluding carboxylic acids is 1. The van der Waals surface area contributed by atoms with E-state index < -0.39 is 10.8 Å². The number of hydrogen-bond donors (Lipinski definition) is 1. The van der Waals surface area contributed by atoms with Crippen LogP contribution in [0.5, 0.6) is 0 Å². The minimum absolute atomic E-state index is 0.0486. The van der Waals surface area contributed by atoms with Crippen molar-refractivity contribution in [3.8, 4) is 11.3 Å². The molecule has 0 aliphatic rings. The molecular weight excluding hydrogens is 344 g/mol. The lowest BCUT2D eigenvalue weighted by atomic mass is 10.1. The molecule has 0 aliphatic carbocycles. The van der Waals surface area contributed by atoms with Crippen molar-refractivity contribution in [2.45, 2.75) is 6.92 Å². The van der Waals surface area contributed by atoms with Gasteiger partial charge in [-0.05, 0) is 42.8 Å². The fourth-order valence-electron chi connectivity index (χ4n) is 2.37. The average molecular weight is 357 g/mol. The van der Waals surface area contributed by atoms with Gasteiger partial charge in [-0.1, -0.05) is 29.8 Å². The number of nitro groups is 1. The van der Waals surface area contributed by atoms with Gasteiger partial charge in [0.05, 0.1) is 10.5 Å². The van der Waals surface area contributed by atoms with Crippen LogP contribution in [0.1, 0.15) is 16.1 Å². The van der Waals surface area contributed by atoms with Crippen molar-refractivity contribution in [3.05, 3.63) is 81.1 Å². The van der Waals surface area contributed by atoms with Crippen LogP contribution in [0.25, 0.3) is 11.3 Å². The van der Waals surface area contributed by atoms with Crippen LogP contribution in [-0.2, 0) is 0 Å². The number of nitrogens with one attached hydrogen (secondary N) is 1. The first-order valence-electron chi connectivity index (χ1n) is 7.37. The molecule has 1 aromatic heterocycles. The van der Waals surface area contributed by atoms with E-state index in [2.05, 4.69) is 5.32 Å². The molecule has 6 nitrogen and oxygen atoms in total. The van der Waals surface area contributed by atoms with Gasteiger partial charge in [0.15, 0.2) is 5.76 Å². The van der Waals surface area contributed by atoms with Crippen LogP contribution >= 0.6 is 11.6 Å². The van der Waals surface area contributed by atoms with Crippen molar-refractivity contribution >= 4 is 28.9 Å². The van der Waals surface area contributed by atoms with E-state index in [4.69, 9.17) is 16.0 Å². The summed E-state index contributed by atoms with van der Waals surface area (Å²) in [5.41, 5.74) is 1.53. The van der Waals surface area contributed by atoms with Crippen molar-refractivity contribution in [3.63, 3.8) is 0 Å². The molecule has 126 valence electrons. The zero-order valence-corrected chi connectivity index (χ0v) is 13.9. The molecule has 0 saturated carbocycles. The highest BCUT2D eigenvalue weighted by Gasteiger charge is 2.19. The Labute approximate surface area is 148 Å². The van der Waals surface area contributed by atoms with Crippen LogP contribution < -0.4 is 5.32 Å². The van der Waals surface area contributed by atoms with Crippen molar-refractivity contribution in [1.29, 1.82) is 0 Å². The maximum absolute atomic E-state index is 12.4. The predicted octanol–water partition coefficient (Wildman–Crippen LogP) is 5.07. The quantitative estimate of drug-likeness (QED) is 0.522. The van der Waals surface area contributed by atoms with E-state index in [1.54, 1.807) is 43.3 Å². The zero-order chi connectivity index (χ0) is 18.0. The third-order valence-electron chi connectivity index (χ3n) is 3.71. The zero-order valence-electron chi connectivity index (χ0n) is 13.2. The Hall–Kier alpha value is -3.12. The minimum Gasteiger partial charge on any atom is -0.451 e. The summed E-state index contributed by atoms with van der Waals surface area (Å²) in [4.78, 5) is 23.0. The fourth-order valence-corrected chi connectivity index (χ4v) is 2.55. The van der Waals surface area contributed by atoms with E-state index in [9.17, 15) is 14.9 Å². The normalized spacial score (nSPS) is 10.5. The summed E-state index contributed by atoms with van der Waals surface area (Å²) in [5, 5.41) is 14.4. The van der Waals surface area contributed by atoms with Gasteiger partial charge in [0.1, 0.15) is 5.76 Å². The van der Waals surface area contributed by atoms with Gasteiger partial charge in [-0.2, -0.15) is 0 Å². The number of halogens is 1. The third kappa shape index (κ3) is 3.39. The predicted molar refractivity (Wildman–Crippen MR) is 94.9 cm³/mol. The third-order valence-corrected chi connectivity index (χ3v) is 4.12.